The molecule has 7 nitrogen and oxygen atoms in total. The van der Waals surface area contributed by atoms with E-state index in [9.17, 15) is 9.59 Å². The van der Waals surface area contributed by atoms with Crippen molar-refractivity contribution in [3.8, 4) is 0 Å². The number of urea groups is 1. The highest BCUT2D eigenvalue weighted by Gasteiger charge is 2.31. The molecule has 0 radical (unpaired) electrons. The van der Waals surface area contributed by atoms with Crippen LogP contribution in [0.4, 0.5) is 4.79 Å². The highest BCUT2D eigenvalue weighted by Crippen LogP contribution is 2.17. The fourth-order valence-corrected chi connectivity index (χ4v) is 2.50. The Morgan fingerprint density at radius 1 is 1.43 bits per heavy atom. The van der Waals surface area contributed by atoms with Gasteiger partial charge >= 0.3 is 6.03 Å². The summed E-state index contributed by atoms with van der Waals surface area (Å²) in [6, 6.07) is -1.24. The van der Waals surface area contributed by atoms with Gasteiger partial charge in [-0.2, -0.15) is 0 Å². The molecule has 7 heteroatoms. The van der Waals surface area contributed by atoms with Gasteiger partial charge in [0.15, 0.2) is 0 Å². The molecule has 1 fully saturated rings. The number of hydrogen-bond acceptors (Lipinski definition) is 4. The molecule has 1 saturated heterocycles. The molecule has 2 atom stereocenters. The summed E-state index contributed by atoms with van der Waals surface area (Å²) in [4.78, 5) is 25.4. The third-order valence-corrected chi connectivity index (χ3v) is 3.98. The zero-order valence-corrected chi connectivity index (χ0v) is 12.9. The number of carbonyl (C=O) groups is 2. The first kappa shape index (κ1) is 17.7. The molecule has 1 aliphatic rings. The lowest BCUT2D eigenvalue weighted by atomic mass is 9.96. The summed E-state index contributed by atoms with van der Waals surface area (Å²) >= 11 is 0. The standard InChI is InChI=1S/C14H27N3O4/c1-3-10(2)12(16-14(15)20)13(19)17-6-4-11(5-7-17)21-9-8-18/h10-12,18H,3-9H2,1-2H3,(H3,15,16,20). The summed E-state index contributed by atoms with van der Waals surface area (Å²) in [6.45, 7) is 5.44. The quantitative estimate of drug-likeness (QED) is 0.619. The Hall–Kier alpha value is -1.34. The molecule has 122 valence electrons. The Morgan fingerprint density at radius 2 is 2.05 bits per heavy atom. The molecular weight excluding hydrogens is 274 g/mol. The zero-order valence-electron chi connectivity index (χ0n) is 12.9. The van der Waals surface area contributed by atoms with Gasteiger partial charge in [-0.1, -0.05) is 20.3 Å². The van der Waals surface area contributed by atoms with Gasteiger partial charge in [0.2, 0.25) is 5.91 Å². The third kappa shape index (κ3) is 5.51. The molecule has 0 bridgehead atoms. The van der Waals surface area contributed by atoms with Gasteiger partial charge in [0.25, 0.3) is 0 Å². The van der Waals surface area contributed by atoms with Crippen LogP contribution in [0.25, 0.3) is 0 Å². The molecule has 0 aromatic rings. The van der Waals surface area contributed by atoms with Crippen molar-refractivity contribution in [3.05, 3.63) is 0 Å². The number of primary amides is 1. The van der Waals surface area contributed by atoms with Crippen LogP contribution in [-0.4, -0.2) is 60.4 Å². The molecular formula is C14H27N3O4. The number of nitrogens with zero attached hydrogens (tertiary/aromatic N) is 1. The molecule has 1 aliphatic heterocycles. The first-order valence-corrected chi connectivity index (χ1v) is 7.56. The molecule has 0 aromatic carbocycles. The van der Waals surface area contributed by atoms with Gasteiger partial charge < -0.3 is 25.8 Å². The van der Waals surface area contributed by atoms with Gasteiger partial charge in [-0.25, -0.2) is 4.79 Å². The van der Waals surface area contributed by atoms with Crippen LogP contribution in [0.3, 0.4) is 0 Å². The maximum absolute atomic E-state index is 12.5. The first-order chi connectivity index (χ1) is 9.99. The van der Waals surface area contributed by atoms with Crippen molar-refractivity contribution < 1.29 is 19.4 Å². The Labute approximate surface area is 125 Å². The topological polar surface area (TPSA) is 105 Å². The summed E-state index contributed by atoms with van der Waals surface area (Å²) in [5.41, 5.74) is 5.17. The van der Waals surface area contributed by atoms with E-state index in [0.29, 0.717) is 19.7 Å². The molecule has 21 heavy (non-hydrogen) atoms. The van der Waals surface area contributed by atoms with E-state index >= 15 is 0 Å². The first-order valence-electron chi connectivity index (χ1n) is 7.56. The number of hydrogen-bond donors (Lipinski definition) is 3. The van der Waals surface area contributed by atoms with Crippen LogP contribution >= 0.6 is 0 Å². The fourth-order valence-electron chi connectivity index (χ4n) is 2.50. The lowest BCUT2D eigenvalue weighted by molar-refractivity contribution is -0.137. The Bertz CT molecular complexity index is 343. The van der Waals surface area contributed by atoms with Crippen molar-refractivity contribution in [2.24, 2.45) is 11.7 Å². The Balaban J connectivity index is 2.54. The zero-order chi connectivity index (χ0) is 15.8. The highest BCUT2D eigenvalue weighted by molar-refractivity contribution is 5.86. The smallest absolute Gasteiger partial charge is 0.312 e. The molecule has 0 aliphatic carbocycles. The van der Waals surface area contributed by atoms with E-state index in [2.05, 4.69) is 5.32 Å². The summed E-state index contributed by atoms with van der Waals surface area (Å²) in [5, 5.41) is 11.3. The van der Waals surface area contributed by atoms with E-state index in [4.69, 9.17) is 15.6 Å². The second-order valence-electron chi connectivity index (χ2n) is 5.49. The summed E-state index contributed by atoms with van der Waals surface area (Å²) in [7, 11) is 0. The molecule has 1 rings (SSSR count). The number of piperidine rings is 1. The molecule has 1 heterocycles. The monoisotopic (exact) mass is 301 g/mol. The summed E-state index contributed by atoms with van der Waals surface area (Å²) in [6.07, 6.45) is 2.37. The molecule has 0 spiro atoms. The van der Waals surface area contributed by atoms with Crippen LogP contribution < -0.4 is 11.1 Å². The number of nitrogens with one attached hydrogen (secondary N) is 1. The van der Waals surface area contributed by atoms with Crippen molar-refractivity contribution in [2.75, 3.05) is 26.3 Å². The predicted molar refractivity (Wildman–Crippen MR) is 78.6 cm³/mol. The second kappa shape index (κ2) is 8.84. The van der Waals surface area contributed by atoms with E-state index in [1.54, 1.807) is 4.90 Å². The minimum atomic E-state index is -0.671. The van der Waals surface area contributed by atoms with Crippen molar-refractivity contribution in [1.29, 1.82) is 0 Å². The van der Waals surface area contributed by atoms with Gasteiger partial charge in [0, 0.05) is 13.1 Å². The number of amides is 3. The van der Waals surface area contributed by atoms with Gasteiger partial charge in [-0.3, -0.25) is 4.79 Å². The number of carbonyl (C=O) groups excluding carboxylic acids is 2. The minimum Gasteiger partial charge on any atom is -0.394 e. The largest absolute Gasteiger partial charge is 0.394 e. The van der Waals surface area contributed by atoms with E-state index in [-0.39, 0.29) is 24.5 Å². The number of rotatable bonds is 7. The van der Waals surface area contributed by atoms with Gasteiger partial charge in [0.05, 0.1) is 19.3 Å². The van der Waals surface area contributed by atoms with Crippen molar-refractivity contribution in [1.82, 2.24) is 10.2 Å². The van der Waals surface area contributed by atoms with E-state index in [1.165, 1.54) is 0 Å². The van der Waals surface area contributed by atoms with Crippen LogP contribution in [0.15, 0.2) is 0 Å². The van der Waals surface area contributed by atoms with E-state index in [0.717, 1.165) is 19.3 Å². The predicted octanol–water partition coefficient (Wildman–Crippen LogP) is 0.0693. The molecule has 4 N–H and O–H groups in total. The number of aliphatic hydroxyl groups excluding tert-OH is 1. The molecule has 2 unspecified atom stereocenters. The third-order valence-electron chi connectivity index (χ3n) is 3.98. The normalized spacial score (nSPS) is 19.1. The Morgan fingerprint density at radius 3 is 2.52 bits per heavy atom. The second-order valence-corrected chi connectivity index (χ2v) is 5.49. The lowest BCUT2D eigenvalue weighted by Crippen LogP contribution is -2.55. The maximum Gasteiger partial charge on any atom is 0.312 e. The van der Waals surface area contributed by atoms with Crippen molar-refractivity contribution in [2.45, 2.75) is 45.3 Å². The molecule has 3 amide bonds. The van der Waals surface area contributed by atoms with Crippen LogP contribution in [0.2, 0.25) is 0 Å². The van der Waals surface area contributed by atoms with Crippen LogP contribution in [0.5, 0.6) is 0 Å². The number of likely N-dealkylation sites (tertiary alicyclic amines) is 1. The lowest BCUT2D eigenvalue weighted by Gasteiger charge is -2.35. The number of nitrogens with two attached hydrogens (primary N) is 1. The van der Waals surface area contributed by atoms with Gasteiger partial charge in [0.1, 0.15) is 6.04 Å². The molecule has 0 aromatic heterocycles. The van der Waals surface area contributed by atoms with Crippen molar-refractivity contribution in [3.63, 3.8) is 0 Å². The van der Waals surface area contributed by atoms with E-state index in [1.807, 2.05) is 13.8 Å². The average Bonchev–Trinajstić information content (AvgIpc) is 2.49. The van der Waals surface area contributed by atoms with Crippen LogP contribution in [0, 0.1) is 5.92 Å². The fraction of sp³-hybridized carbons (Fsp3) is 0.857. The van der Waals surface area contributed by atoms with Crippen molar-refractivity contribution >= 4 is 11.9 Å². The Kier molecular flexibility index (Phi) is 7.45. The highest BCUT2D eigenvalue weighted by atomic mass is 16.5. The SMILES string of the molecule is CCC(C)C(NC(N)=O)C(=O)N1CCC(OCCO)CC1. The average molecular weight is 301 g/mol. The van der Waals surface area contributed by atoms with Crippen LogP contribution in [0.1, 0.15) is 33.1 Å². The van der Waals surface area contributed by atoms with Gasteiger partial charge in [-0.05, 0) is 18.8 Å². The van der Waals surface area contributed by atoms with E-state index < -0.39 is 12.1 Å². The van der Waals surface area contributed by atoms with Crippen LogP contribution in [-0.2, 0) is 9.53 Å². The minimum absolute atomic E-state index is 0.0117. The summed E-state index contributed by atoms with van der Waals surface area (Å²) < 4.78 is 5.48. The maximum atomic E-state index is 12.5. The van der Waals surface area contributed by atoms with Gasteiger partial charge in [-0.15, -0.1) is 0 Å². The summed E-state index contributed by atoms with van der Waals surface area (Å²) in [5.74, 6) is -0.0443. The number of aliphatic hydroxyl groups is 1. The molecule has 0 saturated carbocycles. The number of ether oxygens (including phenoxy) is 1.